The first-order valence-electron chi connectivity index (χ1n) is 3.38. The van der Waals surface area contributed by atoms with Crippen LogP contribution in [-0.2, 0) is 4.74 Å². The molecule has 0 amide bonds. The van der Waals surface area contributed by atoms with Gasteiger partial charge in [0.1, 0.15) is 6.61 Å². The van der Waals surface area contributed by atoms with Gasteiger partial charge in [0.15, 0.2) is 0 Å². The lowest BCUT2D eigenvalue weighted by Gasteiger charge is -1.91. The Morgan fingerprint density at radius 2 is 2.20 bits per heavy atom. The number of terminal acetylenes is 1. The summed E-state index contributed by atoms with van der Waals surface area (Å²) in [6.07, 6.45) is 6.66. The average Bonchev–Trinajstić information content (AvgIpc) is 1.97. The number of ether oxygens (including phenoxy) is 1. The largest absolute Gasteiger partial charge is 0.368 e. The molecular formula is C9H12O. The maximum atomic E-state index is 4.99. The summed E-state index contributed by atoms with van der Waals surface area (Å²) in [4.78, 5) is 0. The van der Waals surface area contributed by atoms with E-state index >= 15 is 0 Å². The summed E-state index contributed by atoms with van der Waals surface area (Å²) >= 11 is 0. The van der Waals surface area contributed by atoms with Crippen LogP contribution in [0.15, 0.2) is 0 Å². The third-order valence-electron chi connectivity index (χ3n) is 0.859. The molecule has 0 aromatic heterocycles. The van der Waals surface area contributed by atoms with E-state index in [1.807, 2.05) is 6.92 Å². The van der Waals surface area contributed by atoms with Crippen LogP contribution in [0.4, 0.5) is 0 Å². The van der Waals surface area contributed by atoms with Crippen molar-refractivity contribution < 1.29 is 4.74 Å². The van der Waals surface area contributed by atoms with E-state index in [0.717, 1.165) is 12.8 Å². The zero-order valence-corrected chi connectivity index (χ0v) is 6.31. The Kier molecular flexibility index (Phi) is 7.34. The van der Waals surface area contributed by atoms with E-state index in [0.29, 0.717) is 13.2 Å². The molecular weight excluding hydrogens is 124 g/mol. The quantitative estimate of drug-likeness (QED) is 0.421. The predicted octanol–water partition coefficient (Wildman–Crippen LogP) is 1.44. The van der Waals surface area contributed by atoms with Gasteiger partial charge >= 0.3 is 0 Å². The van der Waals surface area contributed by atoms with Gasteiger partial charge in [-0.15, -0.1) is 18.3 Å². The molecule has 1 nitrogen and oxygen atoms in total. The van der Waals surface area contributed by atoms with Crippen molar-refractivity contribution >= 4 is 0 Å². The molecule has 10 heavy (non-hydrogen) atoms. The second kappa shape index (κ2) is 8.08. The van der Waals surface area contributed by atoms with Gasteiger partial charge < -0.3 is 4.74 Å². The minimum absolute atomic E-state index is 0.397. The number of hydrogen-bond donors (Lipinski definition) is 0. The third-order valence-corrected chi connectivity index (χ3v) is 0.859. The molecule has 1 heteroatoms. The Labute approximate surface area is 62.8 Å². The van der Waals surface area contributed by atoms with E-state index in [4.69, 9.17) is 11.2 Å². The molecule has 0 fully saturated rings. The fraction of sp³-hybridized carbons (Fsp3) is 0.556. The van der Waals surface area contributed by atoms with Gasteiger partial charge in [0.05, 0.1) is 6.61 Å². The van der Waals surface area contributed by atoms with Crippen LogP contribution < -0.4 is 0 Å². The van der Waals surface area contributed by atoms with E-state index < -0.39 is 0 Å². The molecule has 0 saturated carbocycles. The van der Waals surface area contributed by atoms with E-state index in [-0.39, 0.29) is 0 Å². The minimum atomic E-state index is 0.397. The van der Waals surface area contributed by atoms with Gasteiger partial charge in [-0.25, -0.2) is 0 Å². The van der Waals surface area contributed by atoms with Crippen molar-refractivity contribution in [1.82, 2.24) is 0 Å². The molecule has 0 rings (SSSR count). The molecule has 0 aromatic carbocycles. The van der Waals surface area contributed by atoms with Gasteiger partial charge in [-0.3, -0.25) is 0 Å². The molecule has 0 aromatic rings. The Morgan fingerprint density at radius 1 is 1.40 bits per heavy atom. The molecule has 0 bridgehead atoms. The monoisotopic (exact) mass is 136 g/mol. The topological polar surface area (TPSA) is 9.23 Å². The Morgan fingerprint density at radius 3 is 2.80 bits per heavy atom. The van der Waals surface area contributed by atoms with Gasteiger partial charge in [-0.05, 0) is 0 Å². The third kappa shape index (κ3) is 7.08. The molecule has 0 N–H and O–H groups in total. The Balaban J connectivity index is 2.99. The van der Waals surface area contributed by atoms with Crippen molar-refractivity contribution in [3.63, 3.8) is 0 Å². The molecule has 0 spiro atoms. The molecule has 54 valence electrons. The van der Waals surface area contributed by atoms with Crippen LogP contribution in [0.25, 0.3) is 0 Å². The van der Waals surface area contributed by atoms with Gasteiger partial charge in [0, 0.05) is 12.8 Å². The van der Waals surface area contributed by atoms with Crippen molar-refractivity contribution in [2.45, 2.75) is 19.8 Å². The van der Waals surface area contributed by atoms with Crippen molar-refractivity contribution in [2.24, 2.45) is 0 Å². The molecule has 0 aliphatic heterocycles. The smallest absolute Gasteiger partial charge is 0.107 e. The van der Waals surface area contributed by atoms with Crippen molar-refractivity contribution in [1.29, 1.82) is 0 Å². The normalized spacial score (nSPS) is 7.60. The van der Waals surface area contributed by atoms with Crippen LogP contribution >= 0.6 is 0 Å². The fourth-order valence-corrected chi connectivity index (χ4v) is 0.468. The Bertz CT molecular complexity index is 154. The zero-order valence-electron chi connectivity index (χ0n) is 6.31. The molecule has 0 heterocycles. The summed E-state index contributed by atoms with van der Waals surface area (Å²) in [5, 5.41) is 0. The number of hydrogen-bond acceptors (Lipinski definition) is 1. The second-order valence-corrected chi connectivity index (χ2v) is 1.71. The van der Waals surface area contributed by atoms with Gasteiger partial charge in [0.2, 0.25) is 0 Å². The van der Waals surface area contributed by atoms with E-state index in [9.17, 15) is 0 Å². The molecule has 0 radical (unpaired) electrons. The second-order valence-electron chi connectivity index (χ2n) is 1.71. The van der Waals surface area contributed by atoms with Crippen LogP contribution in [0.3, 0.4) is 0 Å². The Hall–Kier alpha value is -0.920. The van der Waals surface area contributed by atoms with Crippen molar-refractivity contribution in [3.8, 4) is 24.2 Å². The number of rotatable bonds is 3. The average molecular weight is 136 g/mol. The highest BCUT2D eigenvalue weighted by molar-refractivity contribution is 4.97. The first-order valence-corrected chi connectivity index (χ1v) is 3.38. The first kappa shape index (κ1) is 9.08. The van der Waals surface area contributed by atoms with Crippen LogP contribution in [0.5, 0.6) is 0 Å². The van der Waals surface area contributed by atoms with Crippen LogP contribution in [0, 0.1) is 24.2 Å². The summed E-state index contributed by atoms with van der Waals surface area (Å²) in [6, 6.07) is 0. The predicted molar refractivity (Wildman–Crippen MR) is 42.3 cm³/mol. The summed E-state index contributed by atoms with van der Waals surface area (Å²) in [6.45, 7) is 3.07. The highest BCUT2D eigenvalue weighted by Crippen LogP contribution is 1.79. The molecule has 0 saturated heterocycles. The van der Waals surface area contributed by atoms with Crippen molar-refractivity contribution in [2.75, 3.05) is 13.2 Å². The lowest BCUT2D eigenvalue weighted by Crippen LogP contribution is -1.92. The highest BCUT2D eigenvalue weighted by atomic mass is 16.5. The first-order chi connectivity index (χ1) is 4.91. The van der Waals surface area contributed by atoms with E-state index in [2.05, 4.69) is 17.8 Å². The van der Waals surface area contributed by atoms with Crippen molar-refractivity contribution in [3.05, 3.63) is 0 Å². The lowest BCUT2D eigenvalue weighted by atomic mass is 10.4. The fourth-order valence-electron chi connectivity index (χ4n) is 0.468. The molecule has 0 unspecified atom stereocenters. The van der Waals surface area contributed by atoms with Gasteiger partial charge in [-0.1, -0.05) is 12.8 Å². The summed E-state index contributed by atoms with van der Waals surface area (Å²) in [5.41, 5.74) is 0. The lowest BCUT2D eigenvalue weighted by molar-refractivity contribution is 0.174. The zero-order chi connectivity index (χ0) is 7.66. The van der Waals surface area contributed by atoms with E-state index in [1.54, 1.807) is 0 Å². The molecule has 0 aliphatic carbocycles. The van der Waals surface area contributed by atoms with Crippen LogP contribution in [-0.4, -0.2) is 13.2 Å². The highest BCUT2D eigenvalue weighted by Gasteiger charge is 1.78. The summed E-state index contributed by atoms with van der Waals surface area (Å²) in [5.74, 6) is 8.28. The maximum absolute atomic E-state index is 4.99. The summed E-state index contributed by atoms with van der Waals surface area (Å²) < 4.78 is 4.99. The summed E-state index contributed by atoms with van der Waals surface area (Å²) in [7, 11) is 0. The van der Waals surface area contributed by atoms with Gasteiger partial charge in [0.25, 0.3) is 0 Å². The maximum Gasteiger partial charge on any atom is 0.107 e. The van der Waals surface area contributed by atoms with Crippen LogP contribution in [0.2, 0.25) is 0 Å². The van der Waals surface area contributed by atoms with Gasteiger partial charge in [-0.2, -0.15) is 0 Å². The molecule has 0 aliphatic rings. The minimum Gasteiger partial charge on any atom is -0.368 e. The standard InChI is InChI=1S/C9H12O/c1-3-5-6-7-9-10-8-4-2/h2H,3,7-9H2,1H3. The van der Waals surface area contributed by atoms with E-state index in [1.165, 1.54) is 0 Å². The SMILES string of the molecule is C#CCOCCC#CCC. The molecule has 0 atom stereocenters. The van der Waals surface area contributed by atoms with Crippen LogP contribution in [0.1, 0.15) is 19.8 Å².